The molecule has 0 spiro atoms. The summed E-state index contributed by atoms with van der Waals surface area (Å²) in [5.41, 5.74) is 0.489. The number of hydrogen-bond donors (Lipinski definition) is 1. The van der Waals surface area contributed by atoms with Gasteiger partial charge in [0.25, 0.3) is 0 Å². The van der Waals surface area contributed by atoms with Crippen LogP contribution in [-0.2, 0) is 9.84 Å². The highest BCUT2D eigenvalue weighted by Crippen LogP contribution is 2.30. The number of hydrogen-bond acceptors (Lipinski definition) is 4. The number of thioether (sulfide) groups is 1. The first-order valence-corrected chi connectivity index (χ1v) is 8.13. The zero-order chi connectivity index (χ0) is 13.1. The molecule has 1 rings (SSSR count). The molecule has 0 saturated carbocycles. The second-order valence-electron chi connectivity index (χ2n) is 3.81. The molecule has 0 fully saturated rings. The summed E-state index contributed by atoms with van der Waals surface area (Å²) >= 11 is 1.11. The summed E-state index contributed by atoms with van der Waals surface area (Å²) in [5.74, 6) is -0.160. The van der Waals surface area contributed by atoms with Crippen LogP contribution in [0.5, 0.6) is 0 Å². The fourth-order valence-corrected chi connectivity index (χ4v) is 3.66. The molecule has 3 nitrogen and oxygen atoms in total. The Labute approximate surface area is 105 Å². The van der Waals surface area contributed by atoms with E-state index < -0.39 is 21.8 Å². The molecule has 0 aliphatic carbocycles. The largest absolute Gasteiger partial charge is 0.389 e. The van der Waals surface area contributed by atoms with Crippen LogP contribution in [0.15, 0.2) is 23.1 Å². The van der Waals surface area contributed by atoms with Crippen molar-refractivity contribution in [1.82, 2.24) is 0 Å². The van der Waals surface area contributed by atoms with Crippen LogP contribution in [0.4, 0.5) is 4.39 Å². The molecule has 0 amide bonds. The minimum absolute atomic E-state index is 0.00868. The van der Waals surface area contributed by atoms with E-state index in [-0.39, 0.29) is 11.5 Å². The smallest absolute Gasteiger partial charge is 0.148 e. The molecule has 96 valence electrons. The molecular weight excluding hydrogens is 263 g/mol. The first-order chi connectivity index (χ1) is 7.81. The lowest BCUT2D eigenvalue weighted by molar-refractivity contribution is 0.195. The van der Waals surface area contributed by atoms with Crippen LogP contribution in [0.2, 0.25) is 0 Å². The van der Waals surface area contributed by atoms with Gasteiger partial charge >= 0.3 is 0 Å². The minimum Gasteiger partial charge on any atom is -0.389 e. The van der Waals surface area contributed by atoms with Gasteiger partial charge in [-0.25, -0.2) is 12.8 Å². The molecule has 0 aromatic heterocycles. The maximum Gasteiger partial charge on any atom is 0.148 e. The number of aliphatic hydroxyl groups is 1. The summed E-state index contributed by atoms with van der Waals surface area (Å²) in [5, 5.41) is 9.49. The van der Waals surface area contributed by atoms with Crippen molar-refractivity contribution in [3.63, 3.8) is 0 Å². The Balaban J connectivity index is 2.83. The summed E-state index contributed by atoms with van der Waals surface area (Å²) < 4.78 is 35.5. The zero-order valence-corrected chi connectivity index (χ0v) is 11.3. The van der Waals surface area contributed by atoms with Gasteiger partial charge in [0.15, 0.2) is 0 Å². The highest BCUT2D eigenvalue weighted by atomic mass is 32.2. The second kappa shape index (κ2) is 5.84. The number of sulfone groups is 1. The lowest BCUT2D eigenvalue weighted by atomic mass is 10.1. The van der Waals surface area contributed by atoms with Gasteiger partial charge in [-0.1, -0.05) is 12.1 Å². The van der Waals surface area contributed by atoms with E-state index in [0.29, 0.717) is 10.5 Å². The third kappa shape index (κ3) is 4.65. The topological polar surface area (TPSA) is 54.4 Å². The fourth-order valence-electron chi connectivity index (χ4n) is 1.30. The minimum atomic E-state index is -3.05. The molecule has 0 aliphatic rings. The molecule has 1 aromatic carbocycles. The van der Waals surface area contributed by atoms with Crippen LogP contribution in [0, 0.1) is 5.82 Å². The maximum absolute atomic E-state index is 13.5. The van der Waals surface area contributed by atoms with Gasteiger partial charge < -0.3 is 5.11 Å². The van der Waals surface area contributed by atoms with E-state index >= 15 is 0 Å². The van der Waals surface area contributed by atoms with E-state index in [1.54, 1.807) is 13.0 Å². The normalized spacial score (nSPS) is 13.6. The van der Waals surface area contributed by atoms with Crippen LogP contribution < -0.4 is 0 Å². The van der Waals surface area contributed by atoms with Crippen LogP contribution in [-0.4, -0.2) is 31.3 Å². The molecule has 17 heavy (non-hydrogen) atoms. The molecule has 6 heteroatoms. The van der Waals surface area contributed by atoms with Crippen molar-refractivity contribution < 1.29 is 17.9 Å². The van der Waals surface area contributed by atoms with Gasteiger partial charge in [0.05, 0.1) is 11.9 Å². The van der Waals surface area contributed by atoms with Gasteiger partial charge in [-0.3, -0.25) is 0 Å². The molecule has 0 aliphatic heterocycles. The van der Waals surface area contributed by atoms with Gasteiger partial charge in [0, 0.05) is 16.9 Å². The Hall–Kier alpha value is -0.590. The van der Waals surface area contributed by atoms with Crippen molar-refractivity contribution in [2.75, 3.05) is 17.8 Å². The SMILES string of the molecule is C[C@H](O)c1cccc(F)c1SCCS(C)(=O)=O. The molecule has 1 atom stereocenters. The molecule has 0 radical (unpaired) electrons. The molecule has 1 aromatic rings. The van der Waals surface area contributed by atoms with Gasteiger partial charge in [0.2, 0.25) is 0 Å². The fraction of sp³-hybridized carbons (Fsp3) is 0.455. The number of halogens is 1. The van der Waals surface area contributed by atoms with E-state index in [4.69, 9.17) is 0 Å². The number of benzene rings is 1. The summed E-state index contributed by atoms with van der Waals surface area (Å²) in [6.07, 6.45) is 0.372. The lowest BCUT2D eigenvalue weighted by Crippen LogP contribution is -2.06. The maximum atomic E-state index is 13.5. The van der Waals surface area contributed by atoms with Crippen molar-refractivity contribution in [3.8, 4) is 0 Å². The van der Waals surface area contributed by atoms with Gasteiger partial charge in [0.1, 0.15) is 15.7 Å². The summed E-state index contributed by atoms with van der Waals surface area (Å²) in [4.78, 5) is 0.325. The van der Waals surface area contributed by atoms with E-state index in [0.717, 1.165) is 18.0 Å². The standard InChI is InChI=1S/C11H15FO3S2/c1-8(13)9-4-3-5-10(12)11(9)16-6-7-17(2,14)15/h3-5,8,13H,6-7H2,1-2H3/t8-/m0/s1. The average molecular weight is 278 g/mol. The molecule has 0 unspecified atom stereocenters. The van der Waals surface area contributed by atoms with Crippen LogP contribution in [0.3, 0.4) is 0 Å². The zero-order valence-electron chi connectivity index (χ0n) is 9.68. The highest BCUT2D eigenvalue weighted by molar-refractivity contribution is 8.00. The summed E-state index contributed by atoms with van der Waals surface area (Å²) in [7, 11) is -3.05. The van der Waals surface area contributed by atoms with Gasteiger partial charge in [-0.2, -0.15) is 0 Å². The van der Waals surface area contributed by atoms with E-state index in [9.17, 15) is 17.9 Å². The van der Waals surface area contributed by atoms with E-state index in [1.165, 1.54) is 12.1 Å². The number of aliphatic hydroxyl groups excluding tert-OH is 1. The Bertz CT molecular complexity index is 483. The molecule has 0 heterocycles. The predicted octanol–water partition coefficient (Wildman–Crippen LogP) is 2.02. The quantitative estimate of drug-likeness (QED) is 0.837. The molecule has 1 N–H and O–H groups in total. The van der Waals surface area contributed by atoms with Crippen LogP contribution in [0.1, 0.15) is 18.6 Å². The summed E-state index contributed by atoms with van der Waals surface area (Å²) in [6, 6.07) is 4.46. The Morgan fingerprint density at radius 3 is 2.65 bits per heavy atom. The van der Waals surface area contributed by atoms with E-state index in [2.05, 4.69) is 0 Å². The van der Waals surface area contributed by atoms with E-state index in [1.807, 2.05) is 0 Å². The van der Waals surface area contributed by atoms with Crippen LogP contribution >= 0.6 is 11.8 Å². The Kier molecular flexibility index (Phi) is 4.97. The van der Waals surface area contributed by atoms with Crippen molar-refractivity contribution in [1.29, 1.82) is 0 Å². The Morgan fingerprint density at radius 1 is 1.47 bits per heavy atom. The molecule has 0 saturated heterocycles. The average Bonchev–Trinajstić information content (AvgIpc) is 2.18. The van der Waals surface area contributed by atoms with Crippen molar-refractivity contribution in [3.05, 3.63) is 29.6 Å². The van der Waals surface area contributed by atoms with Gasteiger partial charge in [-0.05, 0) is 18.6 Å². The second-order valence-corrected chi connectivity index (χ2v) is 7.18. The predicted molar refractivity (Wildman–Crippen MR) is 67.5 cm³/mol. The first-order valence-electron chi connectivity index (χ1n) is 5.08. The van der Waals surface area contributed by atoms with Crippen molar-refractivity contribution in [2.45, 2.75) is 17.9 Å². The third-order valence-corrected chi connectivity index (χ3v) is 4.48. The highest BCUT2D eigenvalue weighted by Gasteiger charge is 2.13. The molecular formula is C11H15FO3S2. The number of rotatable bonds is 5. The van der Waals surface area contributed by atoms with Crippen molar-refractivity contribution >= 4 is 21.6 Å². The van der Waals surface area contributed by atoms with Crippen LogP contribution in [0.25, 0.3) is 0 Å². The lowest BCUT2D eigenvalue weighted by Gasteiger charge is -2.12. The van der Waals surface area contributed by atoms with Gasteiger partial charge in [-0.15, -0.1) is 11.8 Å². The van der Waals surface area contributed by atoms with Crippen molar-refractivity contribution in [2.24, 2.45) is 0 Å². The molecule has 0 bridgehead atoms. The third-order valence-electron chi connectivity index (χ3n) is 2.15. The summed E-state index contributed by atoms with van der Waals surface area (Å²) in [6.45, 7) is 1.55. The first kappa shape index (κ1) is 14.5. The monoisotopic (exact) mass is 278 g/mol. The Morgan fingerprint density at radius 2 is 2.12 bits per heavy atom.